The highest BCUT2D eigenvalue weighted by Gasteiger charge is 2.67. The maximum atomic E-state index is 12.0. The molecular weight excluding hydrogens is 420 g/mol. The molecule has 4 atom stereocenters. The lowest BCUT2D eigenvalue weighted by Gasteiger charge is -2.32. The van der Waals surface area contributed by atoms with Crippen molar-refractivity contribution in [1.82, 2.24) is 0 Å². The fourth-order valence-electron chi connectivity index (χ4n) is 4.62. The van der Waals surface area contributed by atoms with Crippen LogP contribution in [0.3, 0.4) is 0 Å². The predicted octanol–water partition coefficient (Wildman–Crippen LogP) is 4.50. The van der Waals surface area contributed by atoms with Gasteiger partial charge in [-0.15, -0.1) is 0 Å². The Labute approximate surface area is 187 Å². The highest BCUT2D eigenvalue weighted by molar-refractivity contribution is 7.98. The van der Waals surface area contributed by atoms with Crippen LogP contribution in [0.15, 0.2) is 0 Å². The molecule has 0 aromatic rings. The average molecular weight is 463 g/mol. The summed E-state index contributed by atoms with van der Waals surface area (Å²) in [6.45, 7) is 14.5. The van der Waals surface area contributed by atoms with Crippen molar-refractivity contribution >= 4 is 32.6 Å². The maximum absolute atomic E-state index is 12.0. The standard InChI is InChI=1S/C13H27OS.C10H16O4S/c1-6-7-8-9-10-12(14)11-15(5)13(2,3)4;1-9(2)6-4-5-10(9,3)8(11)7(6)15(12,13)14/h6-11H2,1-5H3;6-7H,4-5H2,1-3H3,(H,12,13,14)/q+1;/p-1. The van der Waals surface area contributed by atoms with Gasteiger partial charge in [-0.25, -0.2) is 8.42 Å². The van der Waals surface area contributed by atoms with Crippen molar-refractivity contribution < 1.29 is 22.6 Å². The van der Waals surface area contributed by atoms with Gasteiger partial charge in [0.2, 0.25) is 0 Å². The summed E-state index contributed by atoms with van der Waals surface area (Å²) >= 11 is 0. The molecule has 2 bridgehead atoms. The van der Waals surface area contributed by atoms with Gasteiger partial charge in [0.15, 0.2) is 17.3 Å². The topological polar surface area (TPSA) is 91.3 Å². The molecule has 0 aromatic carbocycles. The van der Waals surface area contributed by atoms with Crippen molar-refractivity contribution in [1.29, 1.82) is 0 Å². The van der Waals surface area contributed by atoms with Crippen molar-refractivity contribution in [2.24, 2.45) is 16.7 Å². The van der Waals surface area contributed by atoms with E-state index in [9.17, 15) is 22.6 Å². The molecular formula is C23H42O5S2. The first-order valence-electron chi connectivity index (χ1n) is 11.1. The van der Waals surface area contributed by atoms with Crippen molar-refractivity contribution in [2.75, 3.05) is 12.0 Å². The van der Waals surface area contributed by atoms with Crippen LogP contribution in [0.4, 0.5) is 0 Å². The molecule has 0 aliphatic heterocycles. The van der Waals surface area contributed by atoms with Gasteiger partial charge in [-0.2, -0.15) is 0 Å². The van der Waals surface area contributed by atoms with Crippen LogP contribution in [0, 0.1) is 16.7 Å². The summed E-state index contributed by atoms with van der Waals surface area (Å²) < 4.78 is 33.6. The summed E-state index contributed by atoms with van der Waals surface area (Å²) in [5, 5.41) is -1.30. The number of rotatable bonds is 8. The van der Waals surface area contributed by atoms with Crippen LogP contribution in [0.5, 0.6) is 0 Å². The molecule has 2 saturated carbocycles. The predicted molar refractivity (Wildman–Crippen MR) is 125 cm³/mol. The van der Waals surface area contributed by atoms with Gasteiger partial charge < -0.3 is 4.55 Å². The van der Waals surface area contributed by atoms with E-state index in [0.717, 1.165) is 18.6 Å². The van der Waals surface area contributed by atoms with Crippen molar-refractivity contribution in [3.8, 4) is 0 Å². The van der Waals surface area contributed by atoms with Crippen LogP contribution < -0.4 is 0 Å². The van der Waals surface area contributed by atoms with Gasteiger partial charge in [-0.3, -0.25) is 9.59 Å². The fourth-order valence-corrected chi connectivity index (χ4v) is 7.08. The van der Waals surface area contributed by atoms with Gasteiger partial charge in [-0.05, 0) is 62.3 Å². The van der Waals surface area contributed by atoms with E-state index in [-0.39, 0.29) is 28.0 Å². The first-order chi connectivity index (χ1) is 13.5. The third-order valence-electron chi connectivity index (χ3n) is 7.52. The molecule has 5 nitrogen and oxygen atoms in total. The lowest BCUT2D eigenvalue weighted by molar-refractivity contribution is -0.128. The van der Waals surface area contributed by atoms with Crippen LogP contribution in [0.25, 0.3) is 0 Å². The second-order valence-corrected chi connectivity index (χ2v) is 15.0. The molecule has 0 aromatic heterocycles. The minimum Gasteiger partial charge on any atom is -0.747 e. The van der Waals surface area contributed by atoms with E-state index in [1.807, 2.05) is 13.8 Å². The number of hydrogen-bond donors (Lipinski definition) is 0. The summed E-state index contributed by atoms with van der Waals surface area (Å²) in [5.41, 5.74) is -0.994. The Balaban J connectivity index is 0.000000300. The number of hydrogen-bond acceptors (Lipinski definition) is 5. The van der Waals surface area contributed by atoms with Gasteiger partial charge in [0, 0.05) is 11.8 Å². The number of fused-ring (bicyclic) bond motifs is 2. The Bertz CT molecular complexity index is 720. The molecule has 0 radical (unpaired) electrons. The fraction of sp³-hybridized carbons (Fsp3) is 0.913. The first kappa shape index (κ1) is 27.6. The number of carbonyl (C=O) groups is 2. The molecule has 0 spiro atoms. The number of unbranched alkanes of at least 4 members (excludes halogenated alkanes) is 3. The molecule has 0 heterocycles. The molecule has 2 fully saturated rings. The van der Waals surface area contributed by atoms with Crippen LogP contribution in [-0.2, 0) is 30.6 Å². The average Bonchev–Trinajstić information content (AvgIpc) is 2.90. The second kappa shape index (κ2) is 10.0. The molecule has 176 valence electrons. The summed E-state index contributed by atoms with van der Waals surface area (Å²) in [4.78, 5) is 23.6. The first-order valence-corrected chi connectivity index (χ1v) is 14.4. The smallest absolute Gasteiger partial charge is 0.181 e. The zero-order valence-electron chi connectivity index (χ0n) is 20.2. The Hall–Kier alpha value is -0.400. The Morgan fingerprint density at radius 3 is 2.10 bits per heavy atom. The second-order valence-electron chi connectivity index (χ2n) is 10.7. The normalized spacial score (nSPS) is 28.8. The third-order valence-corrected chi connectivity index (χ3v) is 11.5. The highest BCUT2D eigenvalue weighted by atomic mass is 32.2. The lowest BCUT2D eigenvalue weighted by atomic mass is 9.70. The van der Waals surface area contributed by atoms with Crippen LogP contribution >= 0.6 is 0 Å². The quantitative estimate of drug-likeness (QED) is 0.301. The summed E-state index contributed by atoms with van der Waals surface area (Å²) in [6.07, 6.45) is 9.20. The molecule has 2 rings (SSSR count). The molecule has 0 N–H and O–H groups in total. The molecule has 0 amide bonds. The Morgan fingerprint density at radius 2 is 1.73 bits per heavy atom. The molecule has 7 heteroatoms. The zero-order valence-corrected chi connectivity index (χ0v) is 21.8. The summed E-state index contributed by atoms with van der Waals surface area (Å²) in [6, 6.07) is 0. The van der Waals surface area contributed by atoms with E-state index in [0.29, 0.717) is 23.4 Å². The Morgan fingerprint density at radius 1 is 1.17 bits per heavy atom. The largest absolute Gasteiger partial charge is 0.747 e. The van der Waals surface area contributed by atoms with Gasteiger partial charge in [0.1, 0.15) is 20.1 Å². The van der Waals surface area contributed by atoms with E-state index >= 15 is 0 Å². The monoisotopic (exact) mass is 462 g/mol. The van der Waals surface area contributed by atoms with Crippen LogP contribution in [0.1, 0.15) is 93.4 Å². The molecule has 4 unspecified atom stereocenters. The summed E-state index contributed by atoms with van der Waals surface area (Å²) in [5.74, 6) is 0.596. The minimum atomic E-state index is -4.49. The van der Waals surface area contributed by atoms with Crippen LogP contribution in [-0.4, -0.2) is 46.5 Å². The van der Waals surface area contributed by atoms with E-state index in [1.54, 1.807) is 6.92 Å². The van der Waals surface area contributed by atoms with Crippen molar-refractivity contribution in [2.45, 2.75) is 103 Å². The van der Waals surface area contributed by atoms with E-state index in [4.69, 9.17) is 0 Å². The number of ketones is 2. The molecule has 2 aliphatic rings. The van der Waals surface area contributed by atoms with Gasteiger partial charge in [0.05, 0.1) is 6.26 Å². The third kappa shape index (κ3) is 6.10. The minimum absolute atomic E-state index is 0.226. The SMILES string of the molecule is CC12CCC(C(S(=O)(=O)[O-])C1=O)C2(C)C.CCCCCCC(=O)C[S+](C)C(C)(C)C. The molecule has 30 heavy (non-hydrogen) atoms. The summed E-state index contributed by atoms with van der Waals surface area (Å²) in [7, 11) is -4.27. The number of Topliss-reactive ketones (excluding diaryl/α,β-unsaturated/α-hetero) is 2. The van der Waals surface area contributed by atoms with Crippen molar-refractivity contribution in [3.05, 3.63) is 0 Å². The van der Waals surface area contributed by atoms with Gasteiger partial charge >= 0.3 is 0 Å². The van der Waals surface area contributed by atoms with E-state index in [2.05, 4.69) is 34.0 Å². The lowest BCUT2D eigenvalue weighted by Crippen LogP contribution is -2.38. The Kier molecular flexibility index (Phi) is 9.24. The van der Waals surface area contributed by atoms with Gasteiger partial charge in [0.25, 0.3) is 0 Å². The maximum Gasteiger partial charge on any atom is 0.181 e. The molecule has 2 aliphatic carbocycles. The number of carbonyl (C=O) groups excluding carboxylic acids is 2. The van der Waals surface area contributed by atoms with Gasteiger partial charge in [-0.1, -0.05) is 47.0 Å². The highest BCUT2D eigenvalue weighted by Crippen LogP contribution is 2.64. The zero-order chi connectivity index (χ0) is 23.5. The van der Waals surface area contributed by atoms with Crippen LogP contribution in [0.2, 0.25) is 0 Å². The van der Waals surface area contributed by atoms with E-state index in [1.165, 1.54) is 19.3 Å². The van der Waals surface area contributed by atoms with Crippen molar-refractivity contribution in [3.63, 3.8) is 0 Å². The van der Waals surface area contributed by atoms with E-state index < -0.39 is 20.8 Å². The molecule has 0 saturated heterocycles.